The number of carbonyl (C=O) groups excluding carboxylic acids is 2. The molecule has 2 rings (SSSR count). The number of benzene rings is 1. The highest BCUT2D eigenvalue weighted by Gasteiger charge is 2.27. The summed E-state index contributed by atoms with van der Waals surface area (Å²) in [6.45, 7) is 6.46. The summed E-state index contributed by atoms with van der Waals surface area (Å²) in [6, 6.07) is 12.0. The quantitative estimate of drug-likeness (QED) is 0.713. The minimum atomic E-state index is -0.199. The average Bonchev–Trinajstić information content (AvgIpc) is 2.62. The fourth-order valence-electron chi connectivity index (χ4n) is 1.45. The van der Waals surface area contributed by atoms with Gasteiger partial charge in [-0.15, -0.1) is 0 Å². The molecule has 0 N–H and O–H groups in total. The maximum absolute atomic E-state index is 11.1. The second-order valence-corrected chi connectivity index (χ2v) is 5.31. The van der Waals surface area contributed by atoms with Crippen LogP contribution in [0.2, 0.25) is 0 Å². The van der Waals surface area contributed by atoms with Crippen LogP contribution < -0.4 is 0 Å². The van der Waals surface area contributed by atoms with Gasteiger partial charge in [-0.3, -0.25) is 14.5 Å². The molecule has 0 aromatic heterocycles. The summed E-state index contributed by atoms with van der Waals surface area (Å²) in [6.07, 6.45) is 2.63. The van der Waals surface area contributed by atoms with E-state index in [1.54, 1.807) is 0 Å². The molecule has 1 aromatic rings. The van der Waals surface area contributed by atoms with Gasteiger partial charge in [0.15, 0.2) is 0 Å². The lowest BCUT2D eigenvalue weighted by Gasteiger charge is -2.24. The van der Waals surface area contributed by atoms with Crippen LogP contribution in [0.15, 0.2) is 48.6 Å². The van der Waals surface area contributed by atoms with E-state index in [0.29, 0.717) is 6.54 Å². The molecule has 0 saturated carbocycles. The summed E-state index contributed by atoms with van der Waals surface area (Å²) in [5.74, 6) is -0.398. The Balaban J connectivity index is 0.000000225. The van der Waals surface area contributed by atoms with Crippen molar-refractivity contribution in [2.45, 2.75) is 20.8 Å². The van der Waals surface area contributed by atoms with Crippen molar-refractivity contribution in [2.75, 3.05) is 6.54 Å². The first-order valence-electron chi connectivity index (χ1n) is 5.94. The second-order valence-electron chi connectivity index (χ2n) is 5.31. The first kappa shape index (κ1) is 14.2. The van der Waals surface area contributed by atoms with Gasteiger partial charge in [-0.1, -0.05) is 57.2 Å². The second kappa shape index (κ2) is 6.15. The van der Waals surface area contributed by atoms with E-state index in [0.717, 1.165) is 0 Å². The molecule has 3 heteroatoms. The average molecular weight is 245 g/mol. The van der Waals surface area contributed by atoms with E-state index in [1.807, 2.05) is 57.2 Å². The van der Waals surface area contributed by atoms with Crippen LogP contribution in [-0.2, 0) is 9.59 Å². The Kier molecular flexibility index (Phi) is 4.84. The molecule has 1 aliphatic rings. The molecule has 96 valence electrons. The van der Waals surface area contributed by atoms with Gasteiger partial charge in [0.05, 0.1) is 0 Å². The summed E-state index contributed by atoms with van der Waals surface area (Å²) in [5.41, 5.74) is -0.0304. The maximum Gasteiger partial charge on any atom is 0.253 e. The van der Waals surface area contributed by atoms with Crippen LogP contribution in [-0.4, -0.2) is 23.3 Å². The minimum Gasteiger partial charge on any atom is -0.275 e. The van der Waals surface area contributed by atoms with Gasteiger partial charge in [0, 0.05) is 18.7 Å². The molecule has 0 aliphatic carbocycles. The van der Waals surface area contributed by atoms with Gasteiger partial charge >= 0.3 is 0 Å². The van der Waals surface area contributed by atoms with Crippen molar-refractivity contribution in [3.63, 3.8) is 0 Å². The summed E-state index contributed by atoms with van der Waals surface area (Å²) in [4.78, 5) is 23.4. The molecular weight excluding hydrogens is 226 g/mol. The van der Waals surface area contributed by atoms with Gasteiger partial charge in [0.25, 0.3) is 11.8 Å². The van der Waals surface area contributed by atoms with Crippen molar-refractivity contribution in [3.05, 3.63) is 48.6 Å². The van der Waals surface area contributed by atoms with Crippen LogP contribution in [0.4, 0.5) is 0 Å². The molecule has 0 atom stereocenters. The van der Waals surface area contributed by atoms with Gasteiger partial charge in [0.1, 0.15) is 0 Å². The molecule has 2 amide bonds. The molecule has 0 radical (unpaired) electrons. The van der Waals surface area contributed by atoms with Crippen LogP contribution in [0, 0.1) is 5.41 Å². The molecule has 1 aromatic carbocycles. The predicted molar refractivity (Wildman–Crippen MR) is 71.8 cm³/mol. The van der Waals surface area contributed by atoms with Crippen molar-refractivity contribution < 1.29 is 9.59 Å². The van der Waals surface area contributed by atoms with Gasteiger partial charge in [-0.2, -0.15) is 0 Å². The minimum absolute atomic E-state index is 0.0304. The first-order valence-corrected chi connectivity index (χ1v) is 5.94. The largest absolute Gasteiger partial charge is 0.275 e. The fraction of sp³-hybridized carbons (Fsp3) is 0.333. The Hall–Kier alpha value is -1.90. The molecule has 0 unspecified atom stereocenters. The Labute approximate surface area is 108 Å². The monoisotopic (exact) mass is 245 g/mol. The Morgan fingerprint density at radius 1 is 0.833 bits per heavy atom. The zero-order valence-electron chi connectivity index (χ0n) is 11.1. The number of nitrogens with zero attached hydrogens (tertiary/aromatic N) is 1. The van der Waals surface area contributed by atoms with E-state index in [9.17, 15) is 9.59 Å². The standard InChI is InChI=1S/C9H13NO2.C6H6/c1-9(2,3)6-10-7(11)4-5-8(10)12;1-2-4-6-5-3-1/h4-5H,6H2,1-3H3;1-6H. The lowest BCUT2D eigenvalue weighted by molar-refractivity contribution is -0.138. The molecule has 0 fully saturated rings. The highest BCUT2D eigenvalue weighted by atomic mass is 16.2. The number of carbonyl (C=O) groups is 2. The van der Waals surface area contributed by atoms with Gasteiger partial charge in [-0.25, -0.2) is 0 Å². The maximum atomic E-state index is 11.1. The highest BCUT2D eigenvalue weighted by molar-refractivity contribution is 6.12. The van der Waals surface area contributed by atoms with Crippen LogP contribution in [0.3, 0.4) is 0 Å². The van der Waals surface area contributed by atoms with Crippen LogP contribution in [0.5, 0.6) is 0 Å². The molecule has 0 bridgehead atoms. The van der Waals surface area contributed by atoms with Crippen molar-refractivity contribution in [1.29, 1.82) is 0 Å². The van der Waals surface area contributed by atoms with E-state index in [2.05, 4.69) is 0 Å². The third-order valence-corrected chi connectivity index (χ3v) is 2.20. The van der Waals surface area contributed by atoms with Crippen LogP contribution in [0.25, 0.3) is 0 Å². The third kappa shape index (κ3) is 4.95. The summed E-state index contributed by atoms with van der Waals surface area (Å²) < 4.78 is 0. The smallest absolute Gasteiger partial charge is 0.253 e. The molecule has 18 heavy (non-hydrogen) atoms. The molecule has 0 saturated heterocycles. The summed E-state index contributed by atoms with van der Waals surface area (Å²) in [5, 5.41) is 0. The predicted octanol–water partition coefficient (Wildman–Crippen LogP) is 2.64. The van der Waals surface area contributed by atoms with Crippen molar-refractivity contribution in [2.24, 2.45) is 5.41 Å². The van der Waals surface area contributed by atoms with Gasteiger partial charge in [-0.05, 0) is 5.41 Å². The zero-order valence-corrected chi connectivity index (χ0v) is 11.1. The van der Waals surface area contributed by atoms with Crippen LogP contribution >= 0.6 is 0 Å². The van der Waals surface area contributed by atoms with Crippen molar-refractivity contribution >= 4 is 11.8 Å². The number of rotatable bonds is 1. The SMILES string of the molecule is CC(C)(C)CN1C(=O)C=CC1=O.c1ccccc1. The molecule has 0 spiro atoms. The number of amides is 2. The normalized spacial score (nSPS) is 14.5. The van der Waals surface area contributed by atoms with E-state index in [4.69, 9.17) is 0 Å². The molecular formula is C15H19NO2. The van der Waals surface area contributed by atoms with Gasteiger partial charge in [0.2, 0.25) is 0 Å². The number of imide groups is 1. The van der Waals surface area contributed by atoms with Crippen molar-refractivity contribution in [1.82, 2.24) is 4.90 Å². The van der Waals surface area contributed by atoms with Gasteiger partial charge < -0.3 is 0 Å². The van der Waals surface area contributed by atoms with Crippen molar-refractivity contribution in [3.8, 4) is 0 Å². The Morgan fingerprint density at radius 2 is 1.17 bits per heavy atom. The van der Waals surface area contributed by atoms with Crippen LogP contribution in [0.1, 0.15) is 20.8 Å². The lowest BCUT2D eigenvalue weighted by atomic mass is 9.96. The van der Waals surface area contributed by atoms with E-state index >= 15 is 0 Å². The summed E-state index contributed by atoms with van der Waals surface area (Å²) in [7, 11) is 0. The number of hydrogen-bond donors (Lipinski definition) is 0. The lowest BCUT2D eigenvalue weighted by Crippen LogP contribution is -2.37. The first-order chi connectivity index (χ1) is 8.40. The van der Waals surface area contributed by atoms with E-state index in [1.165, 1.54) is 17.1 Å². The molecule has 1 aliphatic heterocycles. The molecule has 3 nitrogen and oxygen atoms in total. The topological polar surface area (TPSA) is 37.4 Å². The fourth-order valence-corrected chi connectivity index (χ4v) is 1.45. The number of hydrogen-bond acceptors (Lipinski definition) is 2. The third-order valence-electron chi connectivity index (χ3n) is 2.20. The highest BCUT2D eigenvalue weighted by Crippen LogP contribution is 2.17. The zero-order chi connectivity index (χ0) is 13.6. The van der Waals surface area contributed by atoms with E-state index in [-0.39, 0.29) is 17.2 Å². The Bertz CT molecular complexity index is 385. The summed E-state index contributed by atoms with van der Waals surface area (Å²) >= 11 is 0. The van der Waals surface area contributed by atoms with E-state index < -0.39 is 0 Å². The molecule has 1 heterocycles. The Morgan fingerprint density at radius 3 is 1.44 bits per heavy atom.